The number of nitrogens with zero attached hydrogens (tertiary/aromatic N) is 1. The fourth-order valence-corrected chi connectivity index (χ4v) is 4.32. The molecule has 3 fully saturated rings. The summed E-state index contributed by atoms with van der Waals surface area (Å²) in [6.45, 7) is 2.98. The van der Waals surface area contributed by atoms with Gasteiger partial charge in [-0.05, 0) is 43.0 Å². The molecular weight excluding hydrogens is 298 g/mol. The molecule has 0 spiro atoms. The van der Waals surface area contributed by atoms with Crippen LogP contribution in [0.25, 0.3) is 0 Å². The lowest BCUT2D eigenvalue weighted by molar-refractivity contribution is -0.138. The highest BCUT2D eigenvalue weighted by Gasteiger charge is 2.46. The monoisotopic (exact) mass is 321 g/mol. The minimum atomic E-state index is 0.0880. The summed E-state index contributed by atoms with van der Waals surface area (Å²) in [6, 6.07) is 16.5. The lowest BCUT2D eigenvalue weighted by Gasteiger charge is -2.50. The molecule has 2 aliphatic heterocycles. The molecule has 3 nitrogen and oxygen atoms in total. The van der Waals surface area contributed by atoms with Crippen LogP contribution in [-0.4, -0.2) is 21.8 Å². The maximum Gasteiger partial charge on any atom is 0.139 e. The number of benzene rings is 2. The SMILES string of the molecule is Cc1ccc(CN2C3CCC(C(=O)C3)C2c2ccc(O)cc2)cc1. The van der Waals surface area contributed by atoms with Gasteiger partial charge in [-0.1, -0.05) is 42.0 Å². The van der Waals surface area contributed by atoms with Crippen molar-refractivity contribution >= 4 is 5.78 Å². The van der Waals surface area contributed by atoms with E-state index in [4.69, 9.17) is 0 Å². The lowest BCUT2D eigenvalue weighted by Crippen LogP contribution is -2.53. The average molecular weight is 321 g/mol. The molecule has 124 valence electrons. The Bertz CT molecular complexity index is 735. The van der Waals surface area contributed by atoms with Crippen molar-refractivity contribution in [2.75, 3.05) is 0 Å². The van der Waals surface area contributed by atoms with Crippen LogP contribution < -0.4 is 0 Å². The molecule has 0 amide bonds. The van der Waals surface area contributed by atoms with Crippen molar-refractivity contribution in [2.45, 2.75) is 44.8 Å². The van der Waals surface area contributed by atoms with Gasteiger partial charge in [0.1, 0.15) is 11.5 Å². The molecule has 1 aliphatic carbocycles. The first kappa shape index (κ1) is 15.4. The maximum absolute atomic E-state index is 12.5. The van der Waals surface area contributed by atoms with Gasteiger partial charge in [-0.25, -0.2) is 0 Å². The molecule has 2 heterocycles. The number of carbonyl (C=O) groups is 1. The van der Waals surface area contributed by atoms with Crippen molar-refractivity contribution in [1.29, 1.82) is 0 Å². The molecule has 24 heavy (non-hydrogen) atoms. The minimum Gasteiger partial charge on any atom is -0.508 e. The van der Waals surface area contributed by atoms with E-state index >= 15 is 0 Å². The molecule has 2 aromatic carbocycles. The van der Waals surface area contributed by atoms with Crippen LogP contribution in [0, 0.1) is 12.8 Å². The third kappa shape index (κ3) is 2.73. The Morgan fingerprint density at radius 1 is 1.04 bits per heavy atom. The standard InChI is InChI=1S/C21H23NO2/c1-14-2-4-15(5-3-14)13-22-17-8-11-19(20(24)12-17)21(22)16-6-9-18(23)10-7-16/h2-7,9-10,17,19,21,23H,8,11-13H2,1H3. The Kier molecular flexibility index (Phi) is 3.89. The van der Waals surface area contributed by atoms with E-state index in [1.54, 1.807) is 12.1 Å². The van der Waals surface area contributed by atoms with E-state index in [2.05, 4.69) is 36.1 Å². The van der Waals surface area contributed by atoms with Crippen LogP contribution in [0.3, 0.4) is 0 Å². The van der Waals surface area contributed by atoms with Crippen LogP contribution in [0.4, 0.5) is 0 Å². The number of fused-ring (bicyclic) bond motifs is 3. The lowest BCUT2D eigenvalue weighted by atomic mass is 9.71. The third-order valence-electron chi connectivity index (χ3n) is 5.59. The van der Waals surface area contributed by atoms with Gasteiger partial charge in [0.25, 0.3) is 0 Å². The van der Waals surface area contributed by atoms with Crippen molar-refractivity contribution in [1.82, 2.24) is 4.90 Å². The van der Waals surface area contributed by atoms with E-state index < -0.39 is 0 Å². The largest absolute Gasteiger partial charge is 0.508 e. The number of Topliss-reactive ketones (excluding diaryl/α,β-unsaturated/α-hetero) is 1. The number of aryl methyl sites for hydroxylation is 1. The summed E-state index contributed by atoms with van der Waals surface area (Å²) < 4.78 is 0. The van der Waals surface area contributed by atoms with Gasteiger partial charge in [0.2, 0.25) is 0 Å². The number of carbonyl (C=O) groups excluding carboxylic acids is 1. The molecular formula is C21H23NO2. The average Bonchev–Trinajstić information content (AvgIpc) is 2.59. The Labute approximate surface area is 142 Å². The predicted octanol–water partition coefficient (Wildman–Crippen LogP) is 4.00. The number of hydrogen-bond donors (Lipinski definition) is 1. The van der Waals surface area contributed by atoms with Crippen LogP contribution in [0.1, 0.15) is 42.0 Å². The fourth-order valence-electron chi connectivity index (χ4n) is 4.32. The second kappa shape index (κ2) is 6.06. The van der Waals surface area contributed by atoms with Crippen LogP contribution >= 0.6 is 0 Å². The molecule has 2 bridgehead atoms. The first-order chi connectivity index (χ1) is 11.6. The van der Waals surface area contributed by atoms with Gasteiger partial charge < -0.3 is 5.11 Å². The van der Waals surface area contributed by atoms with Gasteiger partial charge in [-0.3, -0.25) is 9.69 Å². The summed E-state index contributed by atoms with van der Waals surface area (Å²) >= 11 is 0. The van der Waals surface area contributed by atoms with Crippen molar-refractivity contribution < 1.29 is 9.90 Å². The number of phenolic OH excluding ortho intramolecular Hbond substituents is 1. The molecule has 0 aromatic heterocycles. The molecule has 2 aromatic rings. The van der Waals surface area contributed by atoms with Gasteiger partial charge >= 0.3 is 0 Å². The second-order valence-corrected chi connectivity index (χ2v) is 7.20. The van der Waals surface area contributed by atoms with E-state index in [1.807, 2.05) is 12.1 Å². The predicted molar refractivity (Wildman–Crippen MR) is 93.7 cm³/mol. The Hall–Kier alpha value is -2.13. The second-order valence-electron chi connectivity index (χ2n) is 7.20. The summed E-state index contributed by atoms with van der Waals surface area (Å²) in [5, 5.41) is 9.59. The van der Waals surface area contributed by atoms with E-state index in [1.165, 1.54) is 11.1 Å². The van der Waals surface area contributed by atoms with Gasteiger partial charge in [-0.2, -0.15) is 0 Å². The van der Waals surface area contributed by atoms with Gasteiger partial charge in [0, 0.05) is 31.0 Å². The maximum atomic E-state index is 12.5. The third-order valence-corrected chi connectivity index (χ3v) is 5.59. The van der Waals surface area contributed by atoms with Crippen molar-refractivity contribution in [3.8, 4) is 5.75 Å². The summed E-state index contributed by atoms with van der Waals surface area (Å²) in [5.74, 6) is 0.769. The highest BCUT2D eigenvalue weighted by molar-refractivity contribution is 5.84. The number of rotatable bonds is 3. The molecule has 1 saturated carbocycles. The number of piperidine rings is 2. The zero-order valence-corrected chi connectivity index (χ0v) is 14.0. The highest BCUT2D eigenvalue weighted by atomic mass is 16.3. The smallest absolute Gasteiger partial charge is 0.139 e. The van der Waals surface area contributed by atoms with Crippen molar-refractivity contribution in [2.24, 2.45) is 5.92 Å². The number of aromatic hydroxyl groups is 1. The summed E-state index contributed by atoms with van der Waals surface area (Å²) in [7, 11) is 0. The van der Waals surface area contributed by atoms with Crippen molar-refractivity contribution in [3.05, 3.63) is 65.2 Å². The molecule has 1 N–H and O–H groups in total. The zero-order chi connectivity index (χ0) is 16.7. The highest BCUT2D eigenvalue weighted by Crippen LogP contribution is 2.46. The molecule has 0 radical (unpaired) electrons. The van der Waals surface area contributed by atoms with E-state index in [-0.39, 0.29) is 17.7 Å². The molecule has 2 saturated heterocycles. The normalized spacial score (nSPS) is 26.7. The van der Waals surface area contributed by atoms with E-state index in [9.17, 15) is 9.90 Å². The fraction of sp³-hybridized carbons (Fsp3) is 0.381. The summed E-state index contributed by atoms with van der Waals surface area (Å²) in [4.78, 5) is 15.0. The summed E-state index contributed by atoms with van der Waals surface area (Å²) in [5.41, 5.74) is 3.70. The number of phenols is 1. The topological polar surface area (TPSA) is 40.5 Å². The van der Waals surface area contributed by atoms with Gasteiger partial charge in [-0.15, -0.1) is 0 Å². The Morgan fingerprint density at radius 3 is 2.42 bits per heavy atom. The zero-order valence-electron chi connectivity index (χ0n) is 14.0. The molecule has 5 rings (SSSR count). The molecule has 3 unspecified atom stereocenters. The van der Waals surface area contributed by atoms with E-state index in [0.717, 1.165) is 24.9 Å². The van der Waals surface area contributed by atoms with Gasteiger partial charge in [0.05, 0.1) is 0 Å². The van der Waals surface area contributed by atoms with Crippen LogP contribution in [0.15, 0.2) is 48.5 Å². The van der Waals surface area contributed by atoms with E-state index in [0.29, 0.717) is 18.2 Å². The number of ketones is 1. The van der Waals surface area contributed by atoms with Crippen molar-refractivity contribution in [3.63, 3.8) is 0 Å². The van der Waals surface area contributed by atoms with Crippen LogP contribution in [-0.2, 0) is 11.3 Å². The summed E-state index contributed by atoms with van der Waals surface area (Å²) in [6.07, 6.45) is 2.78. The first-order valence-corrected chi connectivity index (χ1v) is 8.75. The Morgan fingerprint density at radius 2 is 1.75 bits per heavy atom. The molecule has 3 aliphatic rings. The van der Waals surface area contributed by atoms with Crippen LogP contribution in [0.5, 0.6) is 5.75 Å². The molecule has 3 atom stereocenters. The Balaban J connectivity index is 1.67. The van der Waals surface area contributed by atoms with Crippen LogP contribution in [0.2, 0.25) is 0 Å². The van der Waals surface area contributed by atoms with Gasteiger partial charge in [0.15, 0.2) is 0 Å². The first-order valence-electron chi connectivity index (χ1n) is 8.75. The molecule has 3 heteroatoms. The quantitative estimate of drug-likeness (QED) is 0.929. The minimum absolute atomic E-state index is 0.0880. The number of hydrogen-bond acceptors (Lipinski definition) is 3.